The highest BCUT2D eigenvalue weighted by atomic mass is 19.1. The first kappa shape index (κ1) is 21.9. The maximum Gasteiger partial charge on any atom is 0.274 e. The number of Topliss-reactive ketones (excluding diaryl/α,β-unsaturated/α-hetero) is 1. The highest BCUT2D eigenvalue weighted by Gasteiger charge is 2.33. The second-order valence-electron chi connectivity index (χ2n) is 8.58. The van der Waals surface area contributed by atoms with E-state index >= 15 is 0 Å². The standard InChI is InChI=1S/C26H21F2N3O3/c1-14-2-7-25-29-12-22(31(25)13-14)26(34)30-21-8-16(4-6-20(21)28)23(32)11-19-18-10-17(27)5-3-15(18)9-24(19)33/h2-8,10,12-13,19,24,33H,9,11H2,1H3,(H,30,34)/t19-,24+/m1/s1. The van der Waals surface area contributed by atoms with Gasteiger partial charge in [-0.15, -0.1) is 0 Å². The number of carbonyl (C=O) groups is 2. The Hall–Kier alpha value is -3.91. The summed E-state index contributed by atoms with van der Waals surface area (Å²) in [7, 11) is 0. The van der Waals surface area contributed by atoms with Gasteiger partial charge in [-0.25, -0.2) is 13.8 Å². The van der Waals surface area contributed by atoms with Crippen molar-refractivity contribution in [2.24, 2.45) is 0 Å². The lowest BCUT2D eigenvalue weighted by atomic mass is 9.91. The fourth-order valence-electron chi connectivity index (χ4n) is 4.47. The molecule has 34 heavy (non-hydrogen) atoms. The van der Waals surface area contributed by atoms with E-state index in [2.05, 4.69) is 10.3 Å². The van der Waals surface area contributed by atoms with Gasteiger partial charge in [0, 0.05) is 24.1 Å². The van der Waals surface area contributed by atoms with E-state index in [4.69, 9.17) is 0 Å². The van der Waals surface area contributed by atoms with E-state index < -0.39 is 29.6 Å². The van der Waals surface area contributed by atoms with Gasteiger partial charge in [-0.05, 0) is 66.4 Å². The molecule has 2 aromatic heterocycles. The summed E-state index contributed by atoms with van der Waals surface area (Å²) in [6.07, 6.45) is 2.62. The first-order valence-corrected chi connectivity index (χ1v) is 10.8. The number of amides is 1. The van der Waals surface area contributed by atoms with E-state index in [0.29, 0.717) is 17.6 Å². The number of benzene rings is 2. The second kappa shape index (κ2) is 8.46. The predicted octanol–water partition coefficient (Wildman–Crippen LogP) is 4.45. The lowest BCUT2D eigenvalue weighted by Gasteiger charge is -2.16. The van der Waals surface area contributed by atoms with Crippen LogP contribution in [0.5, 0.6) is 0 Å². The Morgan fingerprint density at radius 3 is 2.79 bits per heavy atom. The van der Waals surface area contributed by atoms with Crippen LogP contribution < -0.4 is 5.32 Å². The number of halogens is 2. The molecular weight excluding hydrogens is 440 g/mol. The van der Waals surface area contributed by atoms with Gasteiger partial charge in [0.2, 0.25) is 0 Å². The number of hydrogen-bond donors (Lipinski definition) is 2. The molecule has 2 N–H and O–H groups in total. The van der Waals surface area contributed by atoms with Crippen molar-refractivity contribution in [3.63, 3.8) is 0 Å². The summed E-state index contributed by atoms with van der Waals surface area (Å²) in [6.45, 7) is 1.88. The van der Waals surface area contributed by atoms with Crippen LogP contribution in [0, 0.1) is 18.6 Å². The van der Waals surface area contributed by atoms with Gasteiger partial charge >= 0.3 is 0 Å². The zero-order chi connectivity index (χ0) is 24.0. The smallest absolute Gasteiger partial charge is 0.274 e. The molecule has 1 aliphatic rings. The number of pyridine rings is 1. The number of aliphatic hydroxyl groups is 1. The fourth-order valence-corrected chi connectivity index (χ4v) is 4.47. The molecule has 0 bridgehead atoms. The van der Waals surface area contributed by atoms with Crippen LogP contribution in [0.2, 0.25) is 0 Å². The molecule has 0 saturated carbocycles. The van der Waals surface area contributed by atoms with Crippen molar-refractivity contribution in [3.8, 4) is 0 Å². The Morgan fingerprint density at radius 1 is 1.15 bits per heavy atom. The molecule has 2 heterocycles. The number of aromatic nitrogens is 2. The van der Waals surface area contributed by atoms with E-state index in [0.717, 1.165) is 17.2 Å². The van der Waals surface area contributed by atoms with Crippen molar-refractivity contribution in [1.29, 1.82) is 0 Å². The van der Waals surface area contributed by atoms with Gasteiger partial charge in [-0.2, -0.15) is 0 Å². The number of anilines is 1. The lowest BCUT2D eigenvalue weighted by Crippen LogP contribution is -2.18. The molecule has 0 unspecified atom stereocenters. The third-order valence-electron chi connectivity index (χ3n) is 6.23. The Morgan fingerprint density at radius 2 is 1.97 bits per heavy atom. The van der Waals surface area contributed by atoms with E-state index in [9.17, 15) is 23.5 Å². The van der Waals surface area contributed by atoms with Crippen molar-refractivity contribution < 1.29 is 23.5 Å². The van der Waals surface area contributed by atoms with Crippen molar-refractivity contribution in [2.45, 2.75) is 31.8 Å². The minimum atomic E-state index is -0.807. The largest absolute Gasteiger partial charge is 0.392 e. The van der Waals surface area contributed by atoms with Crippen molar-refractivity contribution in [3.05, 3.63) is 101 Å². The number of carbonyl (C=O) groups excluding carboxylic acids is 2. The Bertz CT molecular complexity index is 1450. The zero-order valence-corrected chi connectivity index (χ0v) is 18.3. The second-order valence-corrected chi connectivity index (χ2v) is 8.58. The van der Waals surface area contributed by atoms with Gasteiger partial charge in [-0.3, -0.25) is 14.0 Å². The van der Waals surface area contributed by atoms with Crippen LogP contribution in [0.25, 0.3) is 5.65 Å². The lowest BCUT2D eigenvalue weighted by molar-refractivity contribution is 0.0920. The molecule has 0 spiro atoms. The number of aliphatic hydroxyl groups excluding tert-OH is 1. The Labute approximate surface area is 193 Å². The minimum absolute atomic E-state index is 0.0663. The molecule has 8 heteroatoms. The molecule has 0 saturated heterocycles. The predicted molar refractivity (Wildman–Crippen MR) is 122 cm³/mol. The number of hydrogen-bond acceptors (Lipinski definition) is 4. The average Bonchev–Trinajstić information content (AvgIpc) is 3.35. The summed E-state index contributed by atoms with van der Waals surface area (Å²) < 4.78 is 29.8. The number of imidazole rings is 1. The Kier molecular flexibility index (Phi) is 5.45. The molecule has 1 amide bonds. The van der Waals surface area contributed by atoms with Crippen LogP contribution in [-0.4, -0.2) is 32.3 Å². The Balaban J connectivity index is 1.38. The maximum absolute atomic E-state index is 14.5. The first-order valence-electron chi connectivity index (χ1n) is 10.8. The molecule has 2 aromatic carbocycles. The molecule has 4 aromatic rings. The van der Waals surface area contributed by atoms with Crippen molar-refractivity contribution >= 4 is 23.0 Å². The minimum Gasteiger partial charge on any atom is -0.392 e. The van der Waals surface area contributed by atoms with Gasteiger partial charge < -0.3 is 10.4 Å². The topological polar surface area (TPSA) is 83.7 Å². The highest BCUT2D eigenvalue weighted by molar-refractivity contribution is 6.05. The third kappa shape index (κ3) is 3.97. The van der Waals surface area contributed by atoms with Crippen LogP contribution in [0.4, 0.5) is 14.5 Å². The SMILES string of the molecule is Cc1ccc2ncc(C(=O)Nc3cc(C(=O)C[C@@H]4c5cc(F)ccc5C[C@@H]4O)ccc3F)n2c1. The summed E-state index contributed by atoms with van der Waals surface area (Å²) in [4.78, 5) is 30.0. The molecule has 1 aliphatic carbocycles. The van der Waals surface area contributed by atoms with Crippen LogP contribution >= 0.6 is 0 Å². The number of nitrogens with zero attached hydrogens (tertiary/aromatic N) is 2. The van der Waals surface area contributed by atoms with Gasteiger partial charge in [0.15, 0.2) is 5.78 Å². The highest BCUT2D eigenvalue weighted by Crippen LogP contribution is 2.37. The number of aryl methyl sites for hydroxylation is 1. The summed E-state index contributed by atoms with van der Waals surface area (Å²) >= 11 is 0. The first-order chi connectivity index (χ1) is 16.3. The van der Waals surface area contributed by atoms with Crippen molar-refractivity contribution in [1.82, 2.24) is 9.38 Å². The van der Waals surface area contributed by atoms with E-state index in [1.165, 1.54) is 30.5 Å². The zero-order valence-electron chi connectivity index (χ0n) is 18.3. The van der Waals surface area contributed by atoms with E-state index in [-0.39, 0.29) is 29.1 Å². The maximum atomic E-state index is 14.5. The average molecular weight is 461 g/mol. The third-order valence-corrected chi connectivity index (χ3v) is 6.23. The number of ketones is 1. The van der Waals surface area contributed by atoms with E-state index in [1.807, 2.05) is 13.0 Å². The summed E-state index contributed by atoms with van der Waals surface area (Å²) in [6, 6.07) is 11.6. The van der Waals surface area contributed by atoms with Crippen molar-refractivity contribution in [2.75, 3.05) is 5.32 Å². The normalized spacial score (nSPS) is 17.1. The molecule has 2 atom stereocenters. The summed E-state index contributed by atoms with van der Waals surface area (Å²) in [5.74, 6) is -2.59. The molecule has 172 valence electrons. The van der Waals surface area contributed by atoms with Crippen LogP contribution in [0.1, 0.15) is 49.9 Å². The monoisotopic (exact) mass is 461 g/mol. The van der Waals surface area contributed by atoms with Crippen LogP contribution in [0.15, 0.2) is 60.9 Å². The molecule has 5 rings (SSSR count). The van der Waals surface area contributed by atoms with Crippen LogP contribution in [0.3, 0.4) is 0 Å². The van der Waals surface area contributed by atoms with Gasteiger partial charge in [0.25, 0.3) is 5.91 Å². The van der Waals surface area contributed by atoms with Crippen LogP contribution in [-0.2, 0) is 6.42 Å². The van der Waals surface area contributed by atoms with Gasteiger partial charge in [-0.1, -0.05) is 12.1 Å². The quantitative estimate of drug-likeness (QED) is 0.430. The summed E-state index contributed by atoms with van der Waals surface area (Å²) in [5.41, 5.74) is 3.18. The fraction of sp³-hybridized carbons (Fsp3) is 0.192. The molecule has 0 aliphatic heterocycles. The number of fused-ring (bicyclic) bond motifs is 2. The molecular formula is C26H21F2N3O3. The van der Waals surface area contributed by atoms with Gasteiger partial charge in [0.05, 0.1) is 18.0 Å². The molecule has 6 nitrogen and oxygen atoms in total. The molecule has 0 fully saturated rings. The number of rotatable bonds is 5. The van der Waals surface area contributed by atoms with E-state index in [1.54, 1.807) is 22.7 Å². The number of nitrogens with one attached hydrogen (secondary N) is 1. The molecule has 0 radical (unpaired) electrons. The van der Waals surface area contributed by atoms with Gasteiger partial charge in [0.1, 0.15) is 23.0 Å². The summed E-state index contributed by atoms with van der Waals surface area (Å²) in [5, 5.41) is 12.9.